The minimum Gasteiger partial charge on any atom is -0.335 e. The van der Waals surface area contributed by atoms with Crippen molar-refractivity contribution in [2.24, 2.45) is 7.05 Å². The van der Waals surface area contributed by atoms with E-state index in [1.807, 2.05) is 24.4 Å². The predicted octanol–water partition coefficient (Wildman–Crippen LogP) is 2.82. The summed E-state index contributed by atoms with van der Waals surface area (Å²) in [6, 6.07) is 3.84. The maximum Gasteiger partial charge on any atom is 0.272 e. The highest BCUT2D eigenvalue weighted by Crippen LogP contribution is 2.21. The highest BCUT2D eigenvalue weighted by molar-refractivity contribution is 9.10. The highest BCUT2D eigenvalue weighted by atomic mass is 79.9. The molecule has 0 atom stereocenters. The number of thiophene rings is 1. The Morgan fingerprint density at radius 2 is 2.28 bits per heavy atom. The number of halogens is 1. The van der Waals surface area contributed by atoms with Crippen molar-refractivity contribution >= 4 is 33.2 Å². The van der Waals surface area contributed by atoms with E-state index >= 15 is 0 Å². The van der Waals surface area contributed by atoms with Crippen LogP contribution >= 0.6 is 27.3 Å². The molecule has 0 radical (unpaired) electrons. The van der Waals surface area contributed by atoms with Crippen molar-refractivity contribution in [3.05, 3.63) is 38.3 Å². The molecule has 0 N–H and O–H groups in total. The Kier molecular flexibility index (Phi) is 3.87. The molecule has 0 aromatic carbocycles. The Balaban J connectivity index is 2.11. The molecule has 2 aromatic rings. The molecule has 2 aromatic heterocycles. The summed E-state index contributed by atoms with van der Waals surface area (Å²) in [6.45, 7) is 2.49. The van der Waals surface area contributed by atoms with Crippen LogP contribution in [0.5, 0.6) is 0 Å². The van der Waals surface area contributed by atoms with Crippen LogP contribution in [0.1, 0.15) is 21.1 Å². The van der Waals surface area contributed by atoms with Gasteiger partial charge in [0.15, 0.2) is 0 Å². The number of hydrogen-bond donors (Lipinski definition) is 0. The summed E-state index contributed by atoms with van der Waals surface area (Å²) in [6.07, 6.45) is 0. The maximum absolute atomic E-state index is 12.2. The van der Waals surface area contributed by atoms with Crippen LogP contribution in [-0.4, -0.2) is 27.6 Å². The fourth-order valence-corrected chi connectivity index (χ4v) is 3.25. The van der Waals surface area contributed by atoms with E-state index in [0.29, 0.717) is 12.2 Å². The summed E-state index contributed by atoms with van der Waals surface area (Å²) in [7, 11) is 3.59. The van der Waals surface area contributed by atoms with Gasteiger partial charge in [0.05, 0.1) is 12.2 Å². The van der Waals surface area contributed by atoms with Gasteiger partial charge >= 0.3 is 0 Å². The van der Waals surface area contributed by atoms with Crippen LogP contribution in [0, 0.1) is 6.92 Å². The maximum atomic E-state index is 12.2. The number of rotatable bonds is 3. The second-order valence-electron chi connectivity index (χ2n) is 4.19. The first kappa shape index (κ1) is 13.3. The molecule has 96 valence electrons. The van der Waals surface area contributed by atoms with Gasteiger partial charge in [0, 0.05) is 28.8 Å². The quantitative estimate of drug-likeness (QED) is 0.869. The predicted molar refractivity (Wildman–Crippen MR) is 75.8 cm³/mol. The van der Waals surface area contributed by atoms with Crippen LogP contribution in [0.25, 0.3) is 0 Å². The average Bonchev–Trinajstić information content (AvgIpc) is 2.84. The zero-order valence-electron chi connectivity index (χ0n) is 10.5. The van der Waals surface area contributed by atoms with Gasteiger partial charge in [-0.1, -0.05) is 0 Å². The molecule has 0 unspecified atom stereocenters. The second-order valence-corrected chi connectivity index (χ2v) is 6.10. The van der Waals surface area contributed by atoms with Crippen LogP contribution in [0.3, 0.4) is 0 Å². The van der Waals surface area contributed by atoms with Crippen molar-refractivity contribution in [2.45, 2.75) is 13.5 Å². The zero-order valence-corrected chi connectivity index (χ0v) is 12.9. The minimum absolute atomic E-state index is 0.0115. The SMILES string of the molecule is Cc1cc(C(=O)N(C)Cc2cc(Br)cs2)n(C)n1. The van der Waals surface area contributed by atoms with Crippen molar-refractivity contribution in [1.29, 1.82) is 0 Å². The van der Waals surface area contributed by atoms with Crippen LogP contribution in [0.4, 0.5) is 0 Å². The normalized spacial score (nSPS) is 10.7. The first-order valence-electron chi connectivity index (χ1n) is 5.46. The molecule has 2 heterocycles. The molecule has 0 aliphatic heterocycles. The molecular weight excluding hydrogens is 314 g/mol. The minimum atomic E-state index is -0.0115. The lowest BCUT2D eigenvalue weighted by Gasteiger charge is -2.15. The molecule has 0 saturated carbocycles. The van der Waals surface area contributed by atoms with E-state index in [1.165, 1.54) is 0 Å². The van der Waals surface area contributed by atoms with Gasteiger partial charge in [-0.25, -0.2) is 0 Å². The number of nitrogens with zero attached hydrogens (tertiary/aromatic N) is 3. The van der Waals surface area contributed by atoms with Gasteiger partial charge in [0.2, 0.25) is 0 Å². The van der Waals surface area contributed by atoms with E-state index in [-0.39, 0.29) is 5.91 Å². The summed E-state index contributed by atoms with van der Waals surface area (Å²) in [5.74, 6) is -0.0115. The summed E-state index contributed by atoms with van der Waals surface area (Å²) >= 11 is 5.05. The lowest BCUT2D eigenvalue weighted by molar-refractivity contribution is 0.0775. The molecule has 0 spiro atoms. The molecule has 0 bridgehead atoms. The van der Waals surface area contributed by atoms with E-state index in [9.17, 15) is 4.79 Å². The number of hydrogen-bond acceptors (Lipinski definition) is 3. The number of aromatic nitrogens is 2. The first-order chi connectivity index (χ1) is 8.47. The topological polar surface area (TPSA) is 38.1 Å². The number of amides is 1. The molecule has 0 aliphatic rings. The van der Waals surface area contributed by atoms with Gasteiger partial charge in [0.1, 0.15) is 5.69 Å². The third kappa shape index (κ3) is 2.81. The van der Waals surface area contributed by atoms with E-state index in [2.05, 4.69) is 21.0 Å². The Morgan fingerprint density at radius 1 is 1.56 bits per heavy atom. The largest absolute Gasteiger partial charge is 0.335 e. The summed E-state index contributed by atoms with van der Waals surface area (Å²) in [5.41, 5.74) is 1.47. The summed E-state index contributed by atoms with van der Waals surface area (Å²) in [4.78, 5) is 15.1. The van der Waals surface area contributed by atoms with E-state index < -0.39 is 0 Å². The molecule has 2 rings (SSSR count). The van der Waals surface area contributed by atoms with E-state index in [4.69, 9.17) is 0 Å². The molecule has 18 heavy (non-hydrogen) atoms. The van der Waals surface area contributed by atoms with Gasteiger partial charge in [-0.05, 0) is 35.0 Å². The van der Waals surface area contributed by atoms with Gasteiger partial charge < -0.3 is 4.90 Å². The molecule has 0 fully saturated rings. The van der Waals surface area contributed by atoms with Crippen LogP contribution < -0.4 is 0 Å². The Bertz CT molecular complexity index is 576. The van der Waals surface area contributed by atoms with E-state index in [0.717, 1.165) is 15.0 Å². The summed E-state index contributed by atoms with van der Waals surface area (Å²) < 4.78 is 2.68. The second kappa shape index (κ2) is 5.24. The van der Waals surface area contributed by atoms with Gasteiger partial charge in [-0.15, -0.1) is 11.3 Å². The van der Waals surface area contributed by atoms with Crippen molar-refractivity contribution in [3.8, 4) is 0 Å². The third-order valence-corrected chi connectivity index (χ3v) is 4.26. The monoisotopic (exact) mass is 327 g/mol. The fourth-order valence-electron chi connectivity index (χ4n) is 1.75. The van der Waals surface area contributed by atoms with Crippen LogP contribution in [-0.2, 0) is 13.6 Å². The van der Waals surface area contributed by atoms with Crippen LogP contribution in [0.15, 0.2) is 22.0 Å². The van der Waals surface area contributed by atoms with E-state index in [1.54, 1.807) is 35.0 Å². The van der Waals surface area contributed by atoms with Crippen molar-refractivity contribution in [2.75, 3.05) is 7.05 Å². The smallest absolute Gasteiger partial charge is 0.272 e. The van der Waals surface area contributed by atoms with Crippen molar-refractivity contribution < 1.29 is 4.79 Å². The molecule has 4 nitrogen and oxygen atoms in total. The summed E-state index contributed by atoms with van der Waals surface area (Å²) in [5, 5.41) is 6.21. The molecule has 0 saturated heterocycles. The highest BCUT2D eigenvalue weighted by Gasteiger charge is 2.17. The van der Waals surface area contributed by atoms with Gasteiger partial charge in [0.25, 0.3) is 5.91 Å². The number of carbonyl (C=O) groups excluding carboxylic acids is 1. The standard InChI is InChI=1S/C12H14BrN3OS/c1-8-4-11(16(3)14-8)12(17)15(2)6-10-5-9(13)7-18-10/h4-5,7H,6H2,1-3H3. The molecular formula is C12H14BrN3OS. The Hall–Kier alpha value is -1.14. The lowest BCUT2D eigenvalue weighted by atomic mass is 10.3. The van der Waals surface area contributed by atoms with Crippen LogP contribution in [0.2, 0.25) is 0 Å². The van der Waals surface area contributed by atoms with Gasteiger partial charge in [-0.2, -0.15) is 5.10 Å². The Morgan fingerprint density at radius 3 is 2.78 bits per heavy atom. The Labute approximate surface area is 118 Å². The average molecular weight is 328 g/mol. The lowest BCUT2D eigenvalue weighted by Crippen LogP contribution is -2.27. The van der Waals surface area contributed by atoms with Crippen molar-refractivity contribution in [1.82, 2.24) is 14.7 Å². The number of carbonyl (C=O) groups is 1. The molecule has 0 aliphatic carbocycles. The molecule has 1 amide bonds. The number of aryl methyl sites for hydroxylation is 2. The molecule has 6 heteroatoms. The zero-order chi connectivity index (χ0) is 13.3. The van der Waals surface area contributed by atoms with Crippen molar-refractivity contribution in [3.63, 3.8) is 0 Å². The first-order valence-corrected chi connectivity index (χ1v) is 7.13. The van der Waals surface area contributed by atoms with Gasteiger partial charge in [-0.3, -0.25) is 9.48 Å². The third-order valence-electron chi connectivity index (χ3n) is 2.58. The fraction of sp³-hybridized carbons (Fsp3) is 0.333.